The first-order valence-electron chi connectivity index (χ1n) is 10.7. The van der Waals surface area contributed by atoms with E-state index in [1.54, 1.807) is 0 Å². The molecule has 30 heavy (non-hydrogen) atoms. The highest BCUT2D eigenvalue weighted by Crippen LogP contribution is 2.22. The molecule has 0 radical (unpaired) electrons. The maximum Gasteiger partial charge on any atom is 0.119 e. The first kappa shape index (κ1) is 20.4. The van der Waals surface area contributed by atoms with E-state index < -0.39 is 0 Å². The normalized spacial score (nSPS) is 14.6. The molecule has 1 aliphatic heterocycles. The second-order valence-corrected chi connectivity index (χ2v) is 8.10. The smallest absolute Gasteiger partial charge is 0.119 e. The molecule has 1 saturated heterocycles. The lowest BCUT2D eigenvalue weighted by molar-refractivity contribution is 0.306. The minimum atomic E-state index is 0.379. The SMILES string of the molecule is C=C1CNC(CCc2ccc(-c3ccc(COc4ccc(C)cc4)cc3)cc2)NC1. The van der Waals surface area contributed by atoms with Gasteiger partial charge in [0.25, 0.3) is 0 Å². The average Bonchev–Trinajstić information content (AvgIpc) is 2.79. The summed E-state index contributed by atoms with van der Waals surface area (Å²) in [5, 5.41) is 6.97. The third-order valence-electron chi connectivity index (χ3n) is 5.59. The number of benzene rings is 3. The maximum atomic E-state index is 5.88. The first-order chi connectivity index (χ1) is 14.7. The van der Waals surface area contributed by atoms with Crippen molar-refractivity contribution in [3.8, 4) is 16.9 Å². The van der Waals surface area contributed by atoms with Crippen LogP contribution in [0.5, 0.6) is 5.75 Å². The van der Waals surface area contributed by atoms with Gasteiger partial charge >= 0.3 is 0 Å². The molecule has 0 aromatic heterocycles. The summed E-state index contributed by atoms with van der Waals surface area (Å²) < 4.78 is 5.88. The summed E-state index contributed by atoms with van der Waals surface area (Å²) in [7, 11) is 0. The van der Waals surface area contributed by atoms with Crippen molar-refractivity contribution in [2.45, 2.75) is 32.5 Å². The van der Waals surface area contributed by atoms with Crippen molar-refractivity contribution in [1.82, 2.24) is 10.6 Å². The van der Waals surface area contributed by atoms with E-state index in [2.05, 4.69) is 84.8 Å². The zero-order valence-electron chi connectivity index (χ0n) is 17.7. The van der Waals surface area contributed by atoms with Crippen LogP contribution in [0.2, 0.25) is 0 Å². The summed E-state index contributed by atoms with van der Waals surface area (Å²) in [6.45, 7) is 8.51. The van der Waals surface area contributed by atoms with Gasteiger partial charge in [-0.3, -0.25) is 10.6 Å². The van der Waals surface area contributed by atoms with Gasteiger partial charge in [0.2, 0.25) is 0 Å². The molecule has 1 fully saturated rings. The summed E-state index contributed by atoms with van der Waals surface area (Å²) in [4.78, 5) is 0. The van der Waals surface area contributed by atoms with Gasteiger partial charge in [0.15, 0.2) is 0 Å². The zero-order valence-corrected chi connectivity index (χ0v) is 17.7. The van der Waals surface area contributed by atoms with Gasteiger partial charge in [0, 0.05) is 13.1 Å². The van der Waals surface area contributed by atoms with Crippen LogP contribution in [0.15, 0.2) is 84.9 Å². The number of aryl methyl sites for hydroxylation is 2. The van der Waals surface area contributed by atoms with E-state index >= 15 is 0 Å². The van der Waals surface area contributed by atoms with Crippen LogP contribution in [0, 0.1) is 6.92 Å². The van der Waals surface area contributed by atoms with E-state index in [1.807, 2.05) is 12.1 Å². The van der Waals surface area contributed by atoms with Crippen LogP contribution < -0.4 is 15.4 Å². The topological polar surface area (TPSA) is 33.3 Å². The molecule has 3 aromatic rings. The van der Waals surface area contributed by atoms with Gasteiger partial charge in [0.05, 0.1) is 6.17 Å². The molecule has 0 atom stereocenters. The Kier molecular flexibility index (Phi) is 6.63. The molecule has 154 valence electrons. The lowest BCUT2D eigenvalue weighted by atomic mass is 10.0. The van der Waals surface area contributed by atoms with Crippen LogP contribution in [-0.2, 0) is 13.0 Å². The van der Waals surface area contributed by atoms with Crippen LogP contribution >= 0.6 is 0 Å². The molecule has 0 aliphatic carbocycles. The molecule has 0 amide bonds. The van der Waals surface area contributed by atoms with E-state index in [9.17, 15) is 0 Å². The van der Waals surface area contributed by atoms with Crippen molar-refractivity contribution in [2.75, 3.05) is 13.1 Å². The number of ether oxygens (including phenoxy) is 1. The number of nitrogens with one attached hydrogen (secondary N) is 2. The molecule has 1 aliphatic rings. The van der Waals surface area contributed by atoms with E-state index in [0.29, 0.717) is 12.8 Å². The van der Waals surface area contributed by atoms with Crippen LogP contribution in [0.1, 0.15) is 23.1 Å². The van der Waals surface area contributed by atoms with Gasteiger partial charge in [0.1, 0.15) is 12.4 Å². The lowest BCUT2D eigenvalue weighted by Crippen LogP contribution is -2.49. The van der Waals surface area contributed by atoms with E-state index in [-0.39, 0.29) is 0 Å². The van der Waals surface area contributed by atoms with Gasteiger partial charge in [-0.1, -0.05) is 72.8 Å². The third-order valence-corrected chi connectivity index (χ3v) is 5.59. The van der Waals surface area contributed by atoms with E-state index in [4.69, 9.17) is 4.74 Å². The molecule has 0 bridgehead atoms. The van der Waals surface area contributed by atoms with Gasteiger partial charge < -0.3 is 4.74 Å². The van der Waals surface area contributed by atoms with E-state index in [1.165, 1.54) is 33.4 Å². The molecule has 3 heteroatoms. The van der Waals surface area contributed by atoms with Gasteiger partial charge in [-0.25, -0.2) is 0 Å². The average molecular weight is 399 g/mol. The fourth-order valence-corrected chi connectivity index (χ4v) is 3.64. The monoisotopic (exact) mass is 398 g/mol. The van der Waals surface area contributed by atoms with Crippen LogP contribution in [-0.4, -0.2) is 19.3 Å². The summed E-state index contributed by atoms with van der Waals surface area (Å²) in [6, 6.07) is 25.7. The second-order valence-electron chi connectivity index (χ2n) is 8.10. The van der Waals surface area contributed by atoms with Crippen LogP contribution in [0.25, 0.3) is 11.1 Å². The molecule has 3 aromatic carbocycles. The highest BCUT2D eigenvalue weighted by molar-refractivity contribution is 5.64. The molecule has 0 unspecified atom stereocenters. The number of hydrogen-bond donors (Lipinski definition) is 2. The molecule has 1 heterocycles. The standard InChI is InChI=1S/C27H30N2O/c1-20-3-14-26(15-4-20)30-19-23-7-12-25(13-8-23)24-10-5-22(6-11-24)9-16-27-28-17-21(2)18-29-27/h3-8,10-15,27-29H,2,9,16-19H2,1H3. The molecule has 0 saturated carbocycles. The minimum Gasteiger partial charge on any atom is -0.489 e. The van der Waals surface area contributed by atoms with Crippen LogP contribution in [0.4, 0.5) is 0 Å². The van der Waals surface area contributed by atoms with E-state index in [0.717, 1.165) is 31.7 Å². The Balaban J connectivity index is 1.29. The molecule has 2 N–H and O–H groups in total. The Bertz CT molecular complexity index is 949. The van der Waals surface area contributed by atoms with Crippen molar-refractivity contribution in [2.24, 2.45) is 0 Å². The Hall–Kier alpha value is -2.88. The highest BCUT2D eigenvalue weighted by atomic mass is 16.5. The van der Waals surface area contributed by atoms with Crippen molar-refractivity contribution in [1.29, 1.82) is 0 Å². The number of rotatable bonds is 7. The van der Waals surface area contributed by atoms with Crippen molar-refractivity contribution < 1.29 is 4.74 Å². The fourth-order valence-electron chi connectivity index (χ4n) is 3.64. The molecule has 3 nitrogen and oxygen atoms in total. The third kappa shape index (κ3) is 5.59. The first-order valence-corrected chi connectivity index (χ1v) is 10.7. The Labute approximate surface area is 179 Å². The zero-order chi connectivity index (χ0) is 20.8. The Morgan fingerprint density at radius 3 is 1.97 bits per heavy atom. The summed E-state index contributed by atoms with van der Waals surface area (Å²) >= 11 is 0. The second kappa shape index (κ2) is 9.75. The van der Waals surface area contributed by atoms with Crippen LogP contribution in [0.3, 0.4) is 0 Å². The number of hydrogen-bond acceptors (Lipinski definition) is 3. The summed E-state index contributed by atoms with van der Waals surface area (Å²) in [5.74, 6) is 0.906. The summed E-state index contributed by atoms with van der Waals surface area (Å²) in [6.07, 6.45) is 2.53. The molecular weight excluding hydrogens is 368 g/mol. The predicted octanol–water partition coefficient (Wildman–Crippen LogP) is 5.25. The largest absolute Gasteiger partial charge is 0.489 e. The Morgan fingerprint density at radius 1 is 0.800 bits per heavy atom. The Morgan fingerprint density at radius 2 is 1.37 bits per heavy atom. The quantitative estimate of drug-likeness (QED) is 0.534. The molecule has 4 rings (SSSR count). The van der Waals surface area contributed by atoms with Crippen molar-refractivity contribution >= 4 is 0 Å². The highest BCUT2D eigenvalue weighted by Gasteiger charge is 2.13. The van der Waals surface area contributed by atoms with Gasteiger partial charge in [-0.15, -0.1) is 0 Å². The van der Waals surface area contributed by atoms with Crippen molar-refractivity contribution in [3.05, 3.63) is 102 Å². The van der Waals surface area contributed by atoms with Gasteiger partial charge in [-0.05, 0) is 59.7 Å². The maximum absolute atomic E-state index is 5.88. The summed E-state index contributed by atoms with van der Waals surface area (Å²) in [5.41, 5.74) is 7.49. The molecular formula is C27H30N2O. The lowest BCUT2D eigenvalue weighted by Gasteiger charge is -2.26. The fraction of sp³-hybridized carbons (Fsp3) is 0.259. The molecule has 0 spiro atoms. The van der Waals surface area contributed by atoms with Gasteiger partial charge in [-0.2, -0.15) is 0 Å². The van der Waals surface area contributed by atoms with Crippen molar-refractivity contribution in [3.63, 3.8) is 0 Å². The predicted molar refractivity (Wildman–Crippen MR) is 125 cm³/mol. The minimum absolute atomic E-state index is 0.379.